The Bertz CT molecular complexity index is 410. The Labute approximate surface area is 111 Å². The normalized spacial score (nSPS) is 12.8. The molecule has 0 aliphatic rings. The maximum Gasteiger partial charge on any atom is 0.163 e. The third kappa shape index (κ3) is 4.26. The van der Waals surface area contributed by atoms with Gasteiger partial charge in [-0.2, -0.15) is 0 Å². The van der Waals surface area contributed by atoms with E-state index < -0.39 is 0 Å². The molecular formula is C16H25NO. The van der Waals surface area contributed by atoms with Gasteiger partial charge < -0.3 is 5.73 Å². The Morgan fingerprint density at radius 1 is 1.22 bits per heavy atom. The quantitative estimate of drug-likeness (QED) is 0.782. The molecule has 0 saturated carbocycles. The molecule has 2 heteroatoms. The molecule has 0 spiro atoms. The minimum Gasteiger partial charge on any atom is -0.330 e. The molecule has 0 radical (unpaired) electrons. The van der Waals surface area contributed by atoms with Crippen molar-refractivity contribution >= 4 is 5.78 Å². The van der Waals surface area contributed by atoms with Crippen LogP contribution in [0, 0.1) is 25.7 Å². The minimum absolute atomic E-state index is 0.217. The van der Waals surface area contributed by atoms with E-state index in [-0.39, 0.29) is 5.78 Å². The molecule has 1 atom stereocenters. The first-order chi connectivity index (χ1) is 8.43. The van der Waals surface area contributed by atoms with Crippen LogP contribution >= 0.6 is 0 Å². The zero-order valence-corrected chi connectivity index (χ0v) is 12.0. The first-order valence-electron chi connectivity index (χ1n) is 6.74. The minimum atomic E-state index is 0.217. The van der Waals surface area contributed by atoms with Crippen molar-refractivity contribution in [2.45, 2.75) is 40.5 Å². The fourth-order valence-corrected chi connectivity index (χ4v) is 2.22. The number of ketones is 1. The van der Waals surface area contributed by atoms with Crippen molar-refractivity contribution in [1.82, 2.24) is 0 Å². The number of Topliss-reactive ketones (excluding diaryl/α,β-unsaturated/α-hetero) is 1. The zero-order valence-electron chi connectivity index (χ0n) is 12.0. The zero-order chi connectivity index (χ0) is 13.7. The van der Waals surface area contributed by atoms with Gasteiger partial charge in [0.15, 0.2) is 5.78 Å². The van der Waals surface area contributed by atoms with Crippen LogP contribution in [-0.2, 0) is 0 Å². The summed E-state index contributed by atoms with van der Waals surface area (Å²) in [5, 5.41) is 0. The van der Waals surface area contributed by atoms with Crippen LogP contribution in [0.4, 0.5) is 0 Å². The monoisotopic (exact) mass is 247 g/mol. The van der Waals surface area contributed by atoms with Gasteiger partial charge in [0, 0.05) is 12.0 Å². The van der Waals surface area contributed by atoms with Gasteiger partial charge in [-0.15, -0.1) is 0 Å². The lowest BCUT2D eigenvalue weighted by Gasteiger charge is -2.16. The number of benzene rings is 1. The Morgan fingerprint density at radius 3 is 2.39 bits per heavy atom. The van der Waals surface area contributed by atoms with Crippen LogP contribution in [-0.4, -0.2) is 12.3 Å². The molecular weight excluding hydrogens is 222 g/mol. The third-order valence-corrected chi connectivity index (χ3v) is 3.44. The average molecular weight is 247 g/mol. The lowest BCUT2D eigenvalue weighted by molar-refractivity contribution is 0.0957. The van der Waals surface area contributed by atoms with Crippen molar-refractivity contribution in [3.63, 3.8) is 0 Å². The van der Waals surface area contributed by atoms with Crippen molar-refractivity contribution in [3.05, 3.63) is 34.9 Å². The molecule has 0 bridgehead atoms. The highest BCUT2D eigenvalue weighted by atomic mass is 16.1. The molecule has 18 heavy (non-hydrogen) atoms. The van der Waals surface area contributed by atoms with Crippen LogP contribution in [0.15, 0.2) is 18.2 Å². The smallest absolute Gasteiger partial charge is 0.163 e. The second-order valence-electron chi connectivity index (χ2n) is 5.66. The second kappa shape index (κ2) is 6.69. The fraction of sp³-hybridized carbons (Fsp3) is 0.562. The van der Waals surface area contributed by atoms with Gasteiger partial charge in [-0.3, -0.25) is 4.79 Å². The molecule has 0 saturated heterocycles. The third-order valence-electron chi connectivity index (χ3n) is 3.44. The van der Waals surface area contributed by atoms with E-state index in [1.165, 1.54) is 11.1 Å². The highest BCUT2D eigenvalue weighted by Gasteiger charge is 2.15. The van der Waals surface area contributed by atoms with Crippen molar-refractivity contribution in [3.8, 4) is 0 Å². The Hall–Kier alpha value is -1.15. The molecule has 0 fully saturated rings. The summed E-state index contributed by atoms with van der Waals surface area (Å²) in [5.74, 6) is 1.11. The Balaban J connectivity index is 2.71. The highest BCUT2D eigenvalue weighted by Crippen LogP contribution is 2.18. The van der Waals surface area contributed by atoms with Crippen LogP contribution in [0.1, 0.15) is 48.2 Å². The molecule has 0 aliphatic heterocycles. The van der Waals surface area contributed by atoms with E-state index in [2.05, 4.69) is 20.8 Å². The number of carbonyl (C=O) groups excluding carboxylic acids is 1. The van der Waals surface area contributed by atoms with E-state index >= 15 is 0 Å². The van der Waals surface area contributed by atoms with Gasteiger partial charge in [-0.25, -0.2) is 0 Å². The number of nitrogens with two attached hydrogens (primary N) is 1. The summed E-state index contributed by atoms with van der Waals surface area (Å²) in [5.41, 5.74) is 8.97. The molecule has 1 unspecified atom stereocenters. The van der Waals surface area contributed by atoms with Crippen LogP contribution in [0.25, 0.3) is 0 Å². The lowest BCUT2D eigenvalue weighted by Crippen LogP contribution is -2.20. The summed E-state index contributed by atoms with van der Waals surface area (Å²) >= 11 is 0. The summed E-state index contributed by atoms with van der Waals surface area (Å²) < 4.78 is 0. The number of carbonyl (C=O) groups is 1. The van der Waals surface area contributed by atoms with E-state index in [4.69, 9.17) is 5.73 Å². The molecule has 0 heterocycles. The fourth-order valence-electron chi connectivity index (χ4n) is 2.22. The number of hydrogen-bond donors (Lipinski definition) is 1. The Kier molecular flexibility index (Phi) is 5.54. The molecule has 0 aromatic heterocycles. The molecule has 2 N–H and O–H groups in total. The van der Waals surface area contributed by atoms with Crippen molar-refractivity contribution in [1.29, 1.82) is 0 Å². The number of aryl methyl sites for hydroxylation is 2. The SMILES string of the molecule is Cc1ccc(C(=O)CC(CN)CC(C)C)cc1C. The van der Waals surface area contributed by atoms with Gasteiger partial charge in [0.1, 0.15) is 0 Å². The predicted octanol–water partition coefficient (Wildman–Crippen LogP) is 3.50. The maximum atomic E-state index is 12.2. The lowest BCUT2D eigenvalue weighted by atomic mass is 9.90. The molecule has 2 nitrogen and oxygen atoms in total. The van der Waals surface area contributed by atoms with Crippen LogP contribution in [0.2, 0.25) is 0 Å². The van der Waals surface area contributed by atoms with Crippen LogP contribution in [0.5, 0.6) is 0 Å². The predicted molar refractivity (Wildman–Crippen MR) is 76.9 cm³/mol. The Morgan fingerprint density at radius 2 is 1.89 bits per heavy atom. The van der Waals surface area contributed by atoms with Crippen molar-refractivity contribution < 1.29 is 4.79 Å². The molecule has 1 aromatic rings. The summed E-state index contributed by atoms with van der Waals surface area (Å²) in [6.07, 6.45) is 1.59. The van der Waals surface area contributed by atoms with E-state index in [1.807, 2.05) is 25.1 Å². The van der Waals surface area contributed by atoms with Gasteiger partial charge in [-0.1, -0.05) is 26.0 Å². The topological polar surface area (TPSA) is 43.1 Å². The second-order valence-corrected chi connectivity index (χ2v) is 5.66. The molecule has 0 aliphatic carbocycles. The van der Waals surface area contributed by atoms with E-state index in [1.54, 1.807) is 0 Å². The highest BCUT2D eigenvalue weighted by molar-refractivity contribution is 5.96. The summed E-state index contributed by atoms with van der Waals surface area (Å²) in [6, 6.07) is 5.93. The number of hydrogen-bond acceptors (Lipinski definition) is 2. The van der Waals surface area contributed by atoms with E-state index in [0.29, 0.717) is 24.8 Å². The van der Waals surface area contributed by atoms with Crippen LogP contribution in [0.3, 0.4) is 0 Å². The van der Waals surface area contributed by atoms with E-state index in [9.17, 15) is 4.79 Å². The molecule has 1 rings (SSSR count). The molecule has 0 amide bonds. The van der Waals surface area contributed by atoms with Crippen molar-refractivity contribution in [2.75, 3.05) is 6.54 Å². The summed E-state index contributed by atoms with van der Waals surface area (Å²) in [4.78, 5) is 12.2. The van der Waals surface area contributed by atoms with Crippen LogP contribution < -0.4 is 5.73 Å². The van der Waals surface area contributed by atoms with Crippen molar-refractivity contribution in [2.24, 2.45) is 17.6 Å². The van der Waals surface area contributed by atoms with Gasteiger partial charge in [0.25, 0.3) is 0 Å². The van der Waals surface area contributed by atoms with Gasteiger partial charge in [0.05, 0.1) is 0 Å². The first kappa shape index (κ1) is 14.9. The summed E-state index contributed by atoms with van der Waals surface area (Å²) in [6.45, 7) is 9.03. The standard InChI is InChI=1S/C16H25NO/c1-11(2)7-14(10-17)9-16(18)15-6-5-12(3)13(4)8-15/h5-6,8,11,14H,7,9-10,17H2,1-4H3. The first-order valence-corrected chi connectivity index (χ1v) is 6.74. The largest absolute Gasteiger partial charge is 0.330 e. The average Bonchev–Trinajstić information content (AvgIpc) is 2.31. The van der Waals surface area contributed by atoms with Gasteiger partial charge in [0.2, 0.25) is 0 Å². The van der Waals surface area contributed by atoms with Gasteiger partial charge >= 0.3 is 0 Å². The maximum absolute atomic E-state index is 12.2. The molecule has 100 valence electrons. The van der Waals surface area contributed by atoms with Gasteiger partial charge in [-0.05, 0) is 55.8 Å². The summed E-state index contributed by atoms with van der Waals surface area (Å²) in [7, 11) is 0. The van der Waals surface area contributed by atoms with E-state index in [0.717, 1.165) is 12.0 Å². The molecule has 1 aromatic carbocycles. The number of rotatable bonds is 6.